The fourth-order valence-electron chi connectivity index (χ4n) is 2.51. The zero-order valence-corrected chi connectivity index (χ0v) is 12.9. The number of hydrogen-bond donors (Lipinski definition) is 1. The van der Waals surface area contributed by atoms with Crippen molar-refractivity contribution in [3.8, 4) is 0 Å². The van der Waals surface area contributed by atoms with Crippen molar-refractivity contribution in [1.82, 2.24) is 15.1 Å². The molecule has 0 spiro atoms. The number of aromatic nitrogens is 2. The minimum absolute atomic E-state index is 0.0796. The Kier molecular flexibility index (Phi) is 4.45. The SMILES string of the molecule is CNC(Cc1c(C)nn(C)c1Cl)c1ccc(F)cc1C. The van der Waals surface area contributed by atoms with Gasteiger partial charge in [0, 0.05) is 18.7 Å². The minimum Gasteiger partial charge on any atom is -0.313 e. The molecule has 5 heteroatoms. The van der Waals surface area contributed by atoms with Gasteiger partial charge in [0.2, 0.25) is 0 Å². The maximum Gasteiger partial charge on any atom is 0.130 e. The zero-order chi connectivity index (χ0) is 14.9. The molecule has 108 valence electrons. The van der Waals surface area contributed by atoms with Crippen LogP contribution in [0.5, 0.6) is 0 Å². The fourth-order valence-corrected chi connectivity index (χ4v) is 2.76. The topological polar surface area (TPSA) is 29.9 Å². The molecule has 0 fully saturated rings. The van der Waals surface area contributed by atoms with Crippen molar-refractivity contribution < 1.29 is 4.39 Å². The highest BCUT2D eigenvalue weighted by atomic mass is 35.5. The Balaban J connectivity index is 2.33. The first kappa shape index (κ1) is 15.0. The van der Waals surface area contributed by atoms with Crippen LogP contribution in [0, 0.1) is 19.7 Å². The summed E-state index contributed by atoms with van der Waals surface area (Å²) in [6, 6.07) is 4.95. The molecule has 1 N–H and O–H groups in total. The molecular formula is C15H19ClFN3. The molecule has 3 nitrogen and oxygen atoms in total. The second-order valence-corrected chi connectivity index (χ2v) is 5.38. The second kappa shape index (κ2) is 5.94. The molecule has 0 aliphatic rings. The van der Waals surface area contributed by atoms with E-state index in [1.165, 1.54) is 6.07 Å². The van der Waals surface area contributed by atoms with Crippen LogP contribution in [0.1, 0.15) is 28.4 Å². The van der Waals surface area contributed by atoms with E-state index < -0.39 is 0 Å². The Morgan fingerprint density at radius 2 is 2.10 bits per heavy atom. The predicted molar refractivity (Wildman–Crippen MR) is 79.6 cm³/mol. The van der Waals surface area contributed by atoms with Gasteiger partial charge in [-0.3, -0.25) is 4.68 Å². The van der Waals surface area contributed by atoms with Gasteiger partial charge in [0.25, 0.3) is 0 Å². The highest BCUT2D eigenvalue weighted by Gasteiger charge is 2.18. The van der Waals surface area contributed by atoms with Crippen LogP contribution < -0.4 is 5.32 Å². The molecule has 1 atom stereocenters. The molecule has 0 aliphatic heterocycles. The first-order chi connectivity index (χ1) is 9.43. The van der Waals surface area contributed by atoms with E-state index in [0.717, 1.165) is 28.8 Å². The van der Waals surface area contributed by atoms with Crippen LogP contribution in [0.2, 0.25) is 5.15 Å². The highest BCUT2D eigenvalue weighted by Crippen LogP contribution is 2.27. The van der Waals surface area contributed by atoms with Gasteiger partial charge >= 0.3 is 0 Å². The Hall–Kier alpha value is -1.39. The number of halogens is 2. The predicted octanol–water partition coefficient (Wildman–Crippen LogP) is 3.33. The molecule has 0 amide bonds. The maximum absolute atomic E-state index is 13.2. The van der Waals surface area contributed by atoms with E-state index >= 15 is 0 Å². The lowest BCUT2D eigenvalue weighted by molar-refractivity contribution is 0.581. The average molecular weight is 296 g/mol. The molecule has 1 aromatic heterocycles. The van der Waals surface area contributed by atoms with Gasteiger partial charge in [-0.15, -0.1) is 0 Å². The first-order valence-electron chi connectivity index (χ1n) is 6.55. The van der Waals surface area contributed by atoms with Gasteiger partial charge in [-0.25, -0.2) is 4.39 Å². The Labute approximate surface area is 123 Å². The molecule has 1 aromatic carbocycles. The Morgan fingerprint density at radius 1 is 1.40 bits per heavy atom. The standard InChI is InChI=1S/C15H19ClFN3/c1-9-7-11(17)5-6-12(9)14(18-3)8-13-10(2)19-20(4)15(13)16/h5-7,14,18H,8H2,1-4H3. The van der Waals surface area contributed by atoms with Gasteiger partial charge in [-0.05, 0) is 50.6 Å². The van der Waals surface area contributed by atoms with Crippen LogP contribution in [-0.4, -0.2) is 16.8 Å². The van der Waals surface area contributed by atoms with E-state index in [1.807, 2.05) is 34.0 Å². The molecule has 0 saturated carbocycles. The molecule has 0 aliphatic carbocycles. The highest BCUT2D eigenvalue weighted by molar-refractivity contribution is 6.30. The monoisotopic (exact) mass is 295 g/mol. The number of hydrogen-bond acceptors (Lipinski definition) is 2. The zero-order valence-electron chi connectivity index (χ0n) is 12.2. The normalized spacial score (nSPS) is 12.7. The fraction of sp³-hybridized carbons (Fsp3) is 0.400. The van der Waals surface area contributed by atoms with Gasteiger partial charge < -0.3 is 5.32 Å². The van der Waals surface area contributed by atoms with Crippen LogP contribution in [0.25, 0.3) is 0 Å². The largest absolute Gasteiger partial charge is 0.313 e. The lowest BCUT2D eigenvalue weighted by Gasteiger charge is -2.19. The lowest BCUT2D eigenvalue weighted by atomic mass is 9.95. The molecule has 1 heterocycles. The third-order valence-corrected chi connectivity index (χ3v) is 4.11. The van der Waals surface area contributed by atoms with E-state index in [0.29, 0.717) is 5.15 Å². The number of nitrogens with one attached hydrogen (secondary N) is 1. The summed E-state index contributed by atoms with van der Waals surface area (Å²) in [6.45, 7) is 3.87. The van der Waals surface area contributed by atoms with E-state index in [9.17, 15) is 4.39 Å². The second-order valence-electron chi connectivity index (χ2n) is 5.02. The van der Waals surface area contributed by atoms with E-state index in [4.69, 9.17) is 11.6 Å². The van der Waals surface area contributed by atoms with Gasteiger partial charge in [-0.2, -0.15) is 5.10 Å². The summed E-state index contributed by atoms with van der Waals surface area (Å²) in [5.41, 5.74) is 3.96. The molecule has 2 rings (SSSR count). The average Bonchev–Trinajstić information content (AvgIpc) is 2.62. The molecule has 0 bridgehead atoms. The van der Waals surface area contributed by atoms with Gasteiger partial charge in [0.1, 0.15) is 11.0 Å². The van der Waals surface area contributed by atoms with E-state index in [1.54, 1.807) is 10.7 Å². The van der Waals surface area contributed by atoms with E-state index in [-0.39, 0.29) is 11.9 Å². The van der Waals surface area contributed by atoms with Crippen molar-refractivity contribution in [2.24, 2.45) is 7.05 Å². The molecule has 2 aromatic rings. The van der Waals surface area contributed by atoms with Gasteiger partial charge in [-0.1, -0.05) is 17.7 Å². The lowest BCUT2D eigenvalue weighted by Crippen LogP contribution is -2.20. The molecule has 20 heavy (non-hydrogen) atoms. The van der Waals surface area contributed by atoms with Crippen molar-refractivity contribution in [3.05, 3.63) is 51.6 Å². The van der Waals surface area contributed by atoms with Crippen molar-refractivity contribution >= 4 is 11.6 Å². The van der Waals surface area contributed by atoms with Crippen LogP contribution in [0.3, 0.4) is 0 Å². The smallest absolute Gasteiger partial charge is 0.130 e. The Bertz CT molecular complexity index is 622. The Morgan fingerprint density at radius 3 is 2.60 bits per heavy atom. The van der Waals surface area contributed by atoms with Crippen LogP contribution in [0.15, 0.2) is 18.2 Å². The molecule has 0 saturated heterocycles. The quantitative estimate of drug-likeness (QED) is 0.937. The number of likely N-dealkylation sites (N-methyl/N-ethyl adjacent to an activating group) is 1. The third kappa shape index (κ3) is 2.86. The molecule has 0 radical (unpaired) electrons. The third-order valence-electron chi connectivity index (χ3n) is 3.63. The van der Waals surface area contributed by atoms with E-state index in [2.05, 4.69) is 10.4 Å². The summed E-state index contributed by atoms with van der Waals surface area (Å²) >= 11 is 6.28. The number of benzene rings is 1. The van der Waals surface area contributed by atoms with Crippen molar-refractivity contribution in [2.45, 2.75) is 26.3 Å². The summed E-state index contributed by atoms with van der Waals surface area (Å²) in [7, 11) is 3.73. The van der Waals surface area contributed by atoms with Crippen LogP contribution >= 0.6 is 11.6 Å². The summed E-state index contributed by atoms with van der Waals surface area (Å²) in [6.07, 6.45) is 0.724. The number of aryl methyl sites for hydroxylation is 3. The number of rotatable bonds is 4. The summed E-state index contributed by atoms with van der Waals surface area (Å²) < 4.78 is 14.9. The van der Waals surface area contributed by atoms with Crippen molar-refractivity contribution in [2.75, 3.05) is 7.05 Å². The minimum atomic E-state index is -0.211. The van der Waals surface area contributed by atoms with Gasteiger partial charge in [0.15, 0.2) is 0 Å². The van der Waals surface area contributed by atoms with Gasteiger partial charge in [0.05, 0.1) is 5.69 Å². The molecular weight excluding hydrogens is 277 g/mol. The number of nitrogens with zero attached hydrogens (tertiary/aromatic N) is 2. The van der Waals surface area contributed by atoms with Crippen LogP contribution in [0.4, 0.5) is 4.39 Å². The van der Waals surface area contributed by atoms with Crippen LogP contribution in [-0.2, 0) is 13.5 Å². The summed E-state index contributed by atoms with van der Waals surface area (Å²) in [4.78, 5) is 0. The van der Waals surface area contributed by atoms with Crippen molar-refractivity contribution in [3.63, 3.8) is 0 Å². The van der Waals surface area contributed by atoms with Crippen molar-refractivity contribution in [1.29, 1.82) is 0 Å². The summed E-state index contributed by atoms with van der Waals surface area (Å²) in [5.74, 6) is -0.211. The first-order valence-corrected chi connectivity index (χ1v) is 6.93. The molecule has 1 unspecified atom stereocenters. The maximum atomic E-state index is 13.2. The summed E-state index contributed by atoms with van der Waals surface area (Å²) in [5, 5.41) is 8.25.